The molecule has 3 unspecified atom stereocenters. The Labute approximate surface area is 272 Å². The van der Waals surface area contributed by atoms with Gasteiger partial charge in [0.2, 0.25) is 0 Å². The predicted octanol–water partition coefficient (Wildman–Crippen LogP) is 5.15. The van der Waals surface area contributed by atoms with Crippen LogP contribution in [0.15, 0.2) is 54.7 Å². The van der Waals surface area contributed by atoms with E-state index in [2.05, 4.69) is 34.3 Å². The van der Waals surface area contributed by atoms with Crippen molar-refractivity contribution in [2.45, 2.75) is 71.5 Å². The smallest absolute Gasteiger partial charge is 0.253 e. The third-order valence-corrected chi connectivity index (χ3v) is 9.97. The van der Waals surface area contributed by atoms with Crippen LogP contribution in [0.3, 0.4) is 0 Å². The van der Waals surface area contributed by atoms with Crippen molar-refractivity contribution in [1.29, 1.82) is 0 Å². The highest BCUT2D eigenvalue weighted by atomic mass is 16.5. The number of hydrogen-bond acceptors (Lipinski definition) is 7. The van der Waals surface area contributed by atoms with Crippen LogP contribution in [0.2, 0.25) is 0 Å². The number of nitrogens with zero attached hydrogens (tertiary/aromatic N) is 3. The van der Waals surface area contributed by atoms with Gasteiger partial charge in [-0.3, -0.25) is 9.59 Å². The number of rotatable bonds is 12. The molecule has 46 heavy (non-hydrogen) atoms. The number of aromatic nitrogens is 1. The number of anilines is 1. The first kappa shape index (κ1) is 31.9. The van der Waals surface area contributed by atoms with E-state index in [9.17, 15) is 9.59 Å². The molecule has 3 aliphatic rings. The minimum Gasteiger partial charge on any atom is -0.493 e. The highest BCUT2D eigenvalue weighted by Crippen LogP contribution is 2.39. The molecule has 9 nitrogen and oxygen atoms in total. The van der Waals surface area contributed by atoms with Crippen LogP contribution < -0.4 is 25.0 Å². The fourth-order valence-corrected chi connectivity index (χ4v) is 7.32. The van der Waals surface area contributed by atoms with Crippen LogP contribution in [0.4, 0.5) is 5.82 Å². The summed E-state index contributed by atoms with van der Waals surface area (Å²) in [4.78, 5) is 35.6. The molecule has 244 valence electrons. The second-order valence-corrected chi connectivity index (χ2v) is 12.7. The summed E-state index contributed by atoms with van der Waals surface area (Å²) in [5.41, 5.74) is 4.37. The summed E-state index contributed by atoms with van der Waals surface area (Å²) < 4.78 is 11.7. The molecule has 0 bridgehead atoms. The Hall–Kier alpha value is -4.11. The van der Waals surface area contributed by atoms with Crippen LogP contribution in [0.1, 0.15) is 76.9 Å². The van der Waals surface area contributed by atoms with Gasteiger partial charge in [0.05, 0.1) is 12.2 Å². The van der Waals surface area contributed by atoms with Gasteiger partial charge in [-0.25, -0.2) is 4.98 Å². The SMILES string of the molecule is CCN(CC)CCOc1ccc(CNC(=O)c2ccc(N3CCCC4CC(NC(=O)c5ccc6c(c5C)OCC6)CC43)nc2)cc1. The standard InChI is InChI=1S/C37H47N5O4/c1-4-41(5-2)18-20-45-31-12-8-26(9-13-31)23-39-36(43)29-11-15-34(38-24-29)42-17-6-7-28-21-30(22-33(28)42)40-37(44)32-14-10-27-16-19-46-35(27)25(32)3/h8-15,24,28,30,33H,4-7,16-23H2,1-3H3,(H,39,43)(H,40,44). The summed E-state index contributed by atoms with van der Waals surface area (Å²) in [6.07, 6.45) is 6.68. The van der Waals surface area contributed by atoms with E-state index in [1.807, 2.05) is 55.5 Å². The summed E-state index contributed by atoms with van der Waals surface area (Å²) in [7, 11) is 0. The molecule has 2 amide bonds. The molecule has 2 fully saturated rings. The number of carbonyl (C=O) groups is 2. The molecular formula is C37H47N5O4. The maximum Gasteiger partial charge on any atom is 0.253 e. The number of piperidine rings is 1. The zero-order valence-corrected chi connectivity index (χ0v) is 27.4. The average molecular weight is 626 g/mol. The van der Waals surface area contributed by atoms with E-state index in [1.54, 1.807) is 6.20 Å². The van der Waals surface area contributed by atoms with Gasteiger partial charge >= 0.3 is 0 Å². The van der Waals surface area contributed by atoms with Gasteiger partial charge in [0, 0.05) is 55.5 Å². The number of carbonyl (C=O) groups excluding carboxylic acids is 2. The van der Waals surface area contributed by atoms with Gasteiger partial charge in [-0.1, -0.05) is 32.0 Å². The Morgan fingerprint density at radius 1 is 1.04 bits per heavy atom. The van der Waals surface area contributed by atoms with Gasteiger partial charge < -0.3 is 29.9 Å². The molecule has 1 saturated heterocycles. The maximum absolute atomic E-state index is 13.3. The van der Waals surface area contributed by atoms with Gasteiger partial charge in [0.25, 0.3) is 11.8 Å². The van der Waals surface area contributed by atoms with Crippen LogP contribution >= 0.6 is 0 Å². The minimum atomic E-state index is -0.147. The summed E-state index contributed by atoms with van der Waals surface area (Å²) in [6.45, 7) is 11.9. The Kier molecular flexibility index (Phi) is 10.1. The Morgan fingerprint density at radius 2 is 1.87 bits per heavy atom. The van der Waals surface area contributed by atoms with Crippen molar-refractivity contribution < 1.29 is 19.1 Å². The van der Waals surface area contributed by atoms with Crippen LogP contribution in [-0.4, -0.2) is 73.2 Å². The molecule has 2 aliphatic heterocycles. The Morgan fingerprint density at radius 3 is 2.63 bits per heavy atom. The molecule has 2 aromatic carbocycles. The first-order valence-electron chi connectivity index (χ1n) is 16.9. The minimum absolute atomic E-state index is 0.0189. The number of benzene rings is 2. The van der Waals surface area contributed by atoms with Crippen molar-refractivity contribution in [2.24, 2.45) is 5.92 Å². The first-order valence-corrected chi connectivity index (χ1v) is 16.9. The van der Waals surface area contributed by atoms with Crippen molar-refractivity contribution in [1.82, 2.24) is 20.5 Å². The zero-order valence-electron chi connectivity index (χ0n) is 27.4. The van der Waals surface area contributed by atoms with E-state index in [0.717, 1.165) is 86.7 Å². The lowest BCUT2D eigenvalue weighted by atomic mass is 9.92. The lowest BCUT2D eigenvalue weighted by molar-refractivity contribution is 0.0932. The highest BCUT2D eigenvalue weighted by Gasteiger charge is 2.41. The molecule has 2 N–H and O–H groups in total. The van der Waals surface area contributed by atoms with Gasteiger partial charge in [-0.15, -0.1) is 0 Å². The summed E-state index contributed by atoms with van der Waals surface area (Å²) in [6, 6.07) is 16.1. The Bertz CT molecular complexity index is 1510. The molecule has 3 atom stereocenters. The van der Waals surface area contributed by atoms with E-state index in [0.29, 0.717) is 42.8 Å². The van der Waals surface area contributed by atoms with E-state index in [4.69, 9.17) is 14.5 Å². The van der Waals surface area contributed by atoms with Crippen molar-refractivity contribution in [2.75, 3.05) is 44.3 Å². The van der Waals surface area contributed by atoms with Crippen LogP contribution in [0, 0.1) is 12.8 Å². The normalized spacial score (nSPS) is 20.2. The number of ether oxygens (including phenoxy) is 2. The van der Waals surface area contributed by atoms with Crippen molar-refractivity contribution in [3.63, 3.8) is 0 Å². The number of hydrogen-bond donors (Lipinski definition) is 2. The van der Waals surface area contributed by atoms with Gasteiger partial charge in [0.15, 0.2) is 0 Å². The zero-order chi connectivity index (χ0) is 32.0. The van der Waals surface area contributed by atoms with Crippen molar-refractivity contribution >= 4 is 17.6 Å². The van der Waals surface area contributed by atoms with Crippen molar-refractivity contribution in [3.8, 4) is 11.5 Å². The first-order chi connectivity index (χ1) is 22.4. The summed E-state index contributed by atoms with van der Waals surface area (Å²) in [5, 5.41) is 6.34. The lowest BCUT2D eigenvalue weighted by Gasteiger charge is -2.38. The lowest BCUT2D eigenvalue weighted by Crippen LogP contribution is -2.43. The number of pyridine rings is 1. The molecule has 1 saturated carbocycles. The van der Waals surface area contributed by atoms with E-state index in [-0.39, 0.29) is 17.9 Å². The fourth-order valence-electron chi connectivity index (χ4n) is 7.32. The van der Waals surface area contributed by atoms with E-state index < -0.39 is 0 Å². The molecule has 1 aromatic heterocycles. The monoisotopic (exact) mass is 625 g/mol. The molecule has 9 heteroatoms. The molecular weight excluding hydrogens is 578 g/mol. The van der Waals surface area contributed by atoms with Crippen LogP contribution in [-0.2, 0) is 13.0 Å². The fraction of sp³-hybridized carbons (Fsp3) is 0.486. The second kappa shape index (κ2) is 14.5. The Balaban J connectivity index is 0.999. The number of nitrogens with one attached hydrogen (secondary N) is 2. The quantitative estimate of drug-likeness (QED) is 0.287. The molecule has 3 aromatic rings. The molecule has 0 radical (unpaired) electrons. The van der Waals surface area contributed by atoms with Crippen LogP contribution in [0.5, 0.6) is 11.5 Å². The third kappa shape index (κ3) is 7.15. The predicted molar refractivity (Wildman–Crippen MR) is 180 cm³/mol. The highest BCUT2D eigenvalue weighted by molar-refractivity contribution is 5.96. The van der Waals surface area contributed by atoms with Gasteiger partial charge in [-0.05, 0) is 93.1 Å². The third-order valence-electron chi connectivity index (χ3n) is 9.97. The summed E-state index contributed by atoms with van der Waals surface area (Å²) >= 11 is 0. The largest absolute Gasteiger partial charge is 0.493 e. The van der Waals surface area contributed by atoms with Gasteiger partial charge in [-0.2, -0.15) is 0 Å². The number of likely N-dealkylation sites (N-methyl/N-ethyl adjacent to an activating group) is 1. The molecule has 0 spiro atoms. The van der Waals surface area contributed by atoms with E-state index >= 15 is 0 Å². The number of fused-ring (bicyclic) bond motifs is 2. The molecule has 3 heterocycles. The molecule has 6 rings (SSSR count). The topological polar surface area (TPSA) is 96.0 Å². The summed E-state index contributed by atoms with van der Waals surface area (Å²) in [5.74, 6) is 2.94. The van der Waals surface area contributed by atoms with Crippen molar-refractivity contribution in [3.05, 3.63) is 82.5 Å². The maximum atomic E-state index is 13.3. The van der Waals surface area contributed by atoms with Crippen LogP contribution in [0.25, 0.3) is 0 Å². The number of amides is 2. The molecule has 1 aliphatic carbocycles. The van der Waals surface area contributed by atoms with E-state index in [1.165, 1.54) is 5.56 Å². The second-order valence-electron chi connectivity index (χ2n) is 12.7. The average Bonchev–Trinajstić information content (AvgIpc) is 3.74. The van der Waals surface area contributed by atoms with Gasteiger partial charge in [0.1, 0.15) is 23.9 Å².